The van der Waals surface area contributed by atoms with Crippen molar-refractivity contribution in [2.24, 2.45) is 0 Å². The molecule has 2 heterocycles. The molecule has 0 aliphatic rings. The van der Waals surface area contributed by atoms with Crippen LogP contribution in [0.3, 0.4) is 0 Å². The average molecular weight is 880 g/mol. The van der Waals surface area contributed by atoms with E-state index in [-0.39, 0.29) is 0 Å². The summed E-state index contributed by atoms with van der Waals surface area (Å²) in [4.78, 5) is 0. The maximum Gasteiger partial charge on any atom is 0.373 e. The van der Waals surface area contributed by atoms with E-state index in [1.807, 2.05) is 0 Å². The quantitative estimate of drug-likeness (QED) is 0.0465. The van der Waals surface area contributed by atoms with Crippen LogP contribution in [0.25, 0.3) is 11.6 Å². The molecule has 368 valence electrons. The number of hydrogen-bond acceptors (Lipinski definition) is 0. The van der Waals surface area contributed by atoms with Crippen molar-refractivity contribution in [2.75, 3.05) is 0 Å². The van der Waals surface area contributed by atoms with Crippen molar-refractivity contribution in [2.45, 2.75) is 343 Å². The lowest BCUT2D eigenvalue weighted by Gasteiger charge is -2.08. The van der Waals surface area contributed by atoms with Gasteiger partial charge in [-0.15, -0.1) is 0 Å². The Hall–Kier alpha value is -1.58. The summed E-state index contributed by atoms with van der Waals surface area (Å²) in [6.45, 7) is 13.9. The van der Waals surface area contributed by atoms with Gasteiger partial charge in [-0.05, 0) is 51.4 Å². The molecule has 0 atom stereocenters. The number of aromatic nitrogens is 4. The smallest absolute Gasteiger partial charge is 0.223 e. The van der Waals surface area contributed by atoms with Gasteiger partial charge in [0.15, 0.2) is 0 Å². The lowest BCUT2D eigenvalue weighted by Crippen LogP contribution is -2.43. The van der Waals surface area contributed by atoms with Gasteiger partial charge in [-0.25, -0.2) is 18.3 Å². The second-order valence-electron chi connectivity index (χ2n) is 20.5. The zero-order valence-corrected chi connectivity index (χ0v) is 43.7. The topological polar surface area (TPSA) is 17.6 Å². The molecular formula is C59H114N4+2. The molecule has 0 aromatic carbocycles. The molecule has 63 heavy (non-hydrogen) atoms. The Kier molecular flexibility index (Phi) is 40.4. The fourth-order valence-electron chi connectivity index (χ4n) is 10.1. The number of aryl methyl sites for hydroxylation is 4. The highest BCUT2D eigenvalue weighted by atomic mass is 15.2. The van der Waals surface area contributed by atoms with Gasteiger partial charge >= 0.3 is 11.6 Å². The van der Waals surface area contributed by atoms with Crippen LogP contribution in [-0.2, 0) is 26.2 Å². The molecule has 0 aliphatic carbocycles. The Bertz CT molecular complexity index is 1210. The van der Waals surface area contributed by atoms with Gasteiger partial charge in [-0.1, -0.05) is 265 Å². The Morgan fingerprint density at radius 1 is 0.254 bits per heavy atom. The molecule has 4 heteroatoms. The summed E-state index contributed by atoms with van der Waals surface area (Å²) in [5, 5.41) is 0. The van der Waals surface area contributed by atoms with Crippen molar-refractivity contribution in [1.82, 2.24) is 9.13 Å². The summed E-state index contributed by atoms with van der Waals surface area (Å²) in [7, 11) is 0. The van der Waals surface area contributed by atoms with E-state index in [4.69, 9.17) is 0 Å². The van der Waals surface area contributed by atoms with Crippen LogP contribution in [0.2, 0.25) is 0 Å². The van der Waals surface area contributed by atoms with Crippen LogP contribution in [-0.4, -0.2) is 9.13 Å². The van der Waals surface area contributed by atoms with Gasteiger partial charge in [0.25, 0.3) is 0 Å². The molecule has 4 nitrogen and oxygen atoms in total. The van der Waals surface area contributed by atoms with Crippen molar-refractivity contribution in [1.29, 1.82) is 0 Å². The minimum atomic E-state index is 1.15. The SMILES string of the molecule is CCCCCCCCCCCCCCn1cc[n+](CCCCCCCCCCCCC)c1-c1n(CCCCCCCCCCCC)cc[n+]1CCCCCCCCCCCCCC. The molecule has 0 unspecified atom stereocenters. The normalized spacial score (nSPS) is 11.7. The largest absolute Gasteiger partial charge is 0.373 e. The molecule has 0 amide bonds. The third kappa shape index (κ3) is 31.1. The number of unbranched alkanes of at least 4 members (excludes halogenated alkanes) is 41. The first-order valence-electron chi connectivity index (χ1n) is 29.4. The summed E-state index contributed by atoms with van der Waals surface area (Å²) in [6, 6.07) is 0. The van der Waals surface area contributed by atoms with Gasteiger partial charge < -0.3 is 0 Å². The average Bonchev–Trinajstić information content (AvgIpc) is 3.89. The lowest BCUT2D eigenvalue weighted by atomic mass is 10.1. The summed E-state index contributed by atoms with van der Waals surface area (Å²) in [6.07, 6.45) is 73.2. The van der Waals surface area contributed by atoms with Crippen molar-refractivity contribution in [3.8, 4) is 11.6 Å². The standard InChI is InChI=1S/C59H114N4/c1-5-9-13-17-21-25-29-32-36-40-44-48-52-62-55-54-60(50-46-42-38-34-28-24-20-16-12-8-4)58(62)59-61(51-47-43-39-35-31-27-23-19-15-11-7-3)56-57-63(59)53-49-45-41-37-33-30-26-22-18-14-10-6-2/h54-57H,5-53H2,1-4H3/q+2. The molecule has 2 aromatic heterocycles. The Morgan fingerprint density at radius 3 is 0.667 bits per heavy atom. The van der Waals surface area contributed by atoms with Crippen LogP contribution in [0.15, 0.2) is 24.8 Å². The molecule has 0 bridgehead atoms. The number of imidazole rings is 2. The van der Waals surface area contributed by atoms with Crippen molar-refractivity contribution >= 4 is 0 Å². The third-order valence-corrected chi connectivity index (χ3v) is 14.4. The number of nitrogens with zero attached hydrogens (tertiary/aromatic N) is 4. The van der Waals surface area contributed by atoms with E-state index in [1.54, 1.807) is 0 Å². The predicted molar refractivity (Wildman–Crippen MR) is 279 cm³/mol. The van der Waals surface area contributed by atoms with Crippen LogP contribution in [0.5, 0.6) is 0 Å². The van der Waals surface area contributed by atoms with E-state index >= 15 is 0 Å². The summed E-state index contributed by atoms with van der Waals surface area (Å²) in [5.41, 5.74) is 0. The zero-order chi connectivity index (χ0) is 44.9. The van der Waals surface area contributed by atoms with E-state index in [0.29, 0.717) is 0 Å². The predicted octanol–water partition coefficient (Wildman–Crippen LogP) is 19.2. The van der Waals surface area contributed by atoms with Gasteiger partial charge in [0, 0.05) is 0 Å². The second-order valence-corrected chi connectivity index (χ2v) is 20.5. The minimum Gasteiger partial charge on any atom is -0.223 e. The molecule has 2 rings (SSSR count). The highest BCUT2D eigenvalue weighted by molar-refractivity contribution is 5.36. The highest BCUT2D eigenvalue weighted by Gasteiger charge is 2.32. The van der Waals surface area contributed by atoms with Gasteiger partial charge in [0.2, 0.25) is 0 Å². The second kappa shape index (κ2) is 44.3. The van der Waals surface area contributed by atoms with E-state index in [9.17, 15) is 0 Å². The Balaban J connectivity index is 2.05. The maximum absolute atomic E-state index is 2.68. The van der Waals surface area contributed by atoms with Gasteiger partial charge in [0.1, 0.15) is 24.8 Å². The highest BCUT2D eigenvalue weighted by Crippen LogP contribution is 2.20. The van der Waals surface area contributed by atoms with Crippen LogP contribution in [0.4, 0.5) is 0 Å². The molecule has 0 saturated heterocycles. The molecule has 0 saturated carbocycles. The van der Waals surface area contributed by atoms with E-state index in [1.165, 1.54) is 301 Å². The Labute approximate surface area is 396 Å². The molecule has 0 spiro atoms. The third-order valence-electron chi connectivity index (χ3n) is 14.4. The van der Waals surface area contributed by atoms with E-state index in [0.717, 1.165) is 26.2 Å². The van der Waals surface area contributed by atoms with Gasteiger partial charge in [-0.3, -0.25) is 0 Å². The molecule has 0 fully saturated rings. The van der Waals surface area contributed by atoms with E-state index in [2.05, 4.69) is 70.8 Å². The lowest BCUT2D eigenvalue weighted by molar-refractivity contribution is -0.715. The summed E-state index contributed by atoms with van der Waals surface area (Å²) >= 11 is 0. The molecule has 0 N–H and O–H groups in total. The number of rotatable bonds is 50. The first-order chi connectivity index (χ1) is 31.3. The molecule has 2 aromatic rings. The maximum atomic E-state index is 2.68. The first kappa shape index (κ1) is 57.5. The van der Waals surface area contributed by atoms with Crippen LogP contribution in [0.1, 0.15) is 317 Å². The summed E-state index contributed by atoms with van der Waals surface area (Å²) in [5.74, 6) is 2.97. The fraction of sp³-hybridized carbons (Fsp3) is 0.898. The van der Waals surface area contributed by atoms with Gasteiger partial charge in [-0.2, -0.15) is 0 Å². The summed E-state index contributed by atoms with van der Waals surface area (Å²) < 4.78 is 10.7. The van der Waals surface area contributed by atoms with Crippen LogP contribution < -0.4 is 9.13 Å². The first-order valence-corrected chi connectivity index (χ1v) is 29.4. The minimum absolute atomic E-state index is 1.15. The van der Waals surface area contributed by atoms with Crippen LogP contribution >= 0.6 is 0 Å². The zero-order valence-electron chi connectivity index (χ0n) is 43.7. The fourth-order valence-corrected chi connectivity index (χ4v) is 10.1. The van der Waals surface area contributed by atoms with Gasteiger partial charge in [0.05, 0.1) is 26.2 Å². The molecule has 0 aliphatic heterocycles. The van der Waals surface area contributed by atoms with Crippen LogP contribution in [0, 0.1) is 0 Å². The monoisotopic (exact) mass is 879 g/mol. The van der Waals surface area contributed by atoms with Crippen molar-refractivity contribution < 1.29 is 9.13 Å². The van der Waals surface area contributed by atoms with Crippen molar-refractivity contribution in [3.05, 3.63) is 24.8 Å². The van der Waals surface area contributed by atoms with E-state index < -0.39 is 0 Å². The molecular weight excluding hydrogens is 765 g/mol. The Morgan fingerprint density at radius 2 is 0.444 bits per heavy atom. The molecule has 0 radical (unpaired) electrons. The number of hydrogen-bond donors (Lipinski definition) is 0. The van der Waals surface area contributed by atoms with Crippen molar-refractivity contribution in [3.63, 3.8) is 0 Å².